The predicted octanol–water partition coefficient (Wildman–Crippen LogP) is 7.30. The molecule has 2 aliphatic carbocycles. The minimum Gasteiger partial charge on any atom is -0.454 e. The molecule has 1 aromatic rings. The van der Waals surface area contributed by atoms with Gasteiger partial charge in [-0.05, 0) is 84.8 Å². The van der Waals surface area contributed by atoms with Crippen molar-refractivity contribution in [1.82, 2.24) is 4.90 Å². The number of carbonyl (C=O) groups is 4. The number of hydrogen-bond donors (Lipinski definition) is 1. The third kappa shape index (κ3) is 7.98. The summed E-state index contributed by atoms with van der Waals surface area (Å²) in [5, 5.41) is 14.2. The summed E-state index contributed by atoms with van der Waals surface area (Å²) >= 11 is 6.65. The standard InChI is InChI=1S/C39H53ClF2N2O11/c1-19-17-25-23(21(3)31(41)42)16-15-20(2)39(25,49)30(29(19)50-22(4)45)51-32(46)27-18-38(54-35(48)53-37(8,9)10)24-13-12-14-26(40)28(24)43(11)55-33(38)44(27)34(47)52-36(5,6)7/h12-14,17,20-21,23,25,27,29-31,33,49H,15-16,18H2,1-11H3/t20-,21?,23+,25-,27+,29-,30+,33-,38-,39-/m1/s1. The number of anilines is 1. The van der Waals surface area contributed by atoms with Gasteiger partial charge in [0.05, 0.1) is 10.7 Å². The quantitative estimate of drug-likeness (QED) is 0.175. The second-order valence-corrected chi connectivity index (χ2v) is 17.6. The van der Waals surface area contributed by atoms with Gasteiger partial charge in [-0.1, -0.05) is 43.7 Å². The van der Waals surface area contributed by atoms with E-state index in [9.17, 15) is 33.1 Å². The second kappa shape index (κ2) is 15.0. The van der Waals surface area contributed by atoms with Crippen molar-refractivity contribution in [3.05, 3.63) is 40.4 Å². The number of carbonyl (C=O) groups excluding carboxylic acids is 4. The Morgan fingerprint density at radius 2 is 1.67 bits per heavy atom. The van der Waals surface area contributed by atoms with Gasteiger partial charge >= 0.3 is 24.2 Å². The molecule has 13 nitrogen and oxygen atoms in total. The molecule has 0 radical (unpaired) electrons. The van der Waals surface area contributed by atoms with Gasteiger partial charge in [-0.3, -0.25) is 14.8 Å². The summed E-state index contributed by atoms with van der Waals surface area (Å²) in [6.45, 7) is 15.7. The Kier molecular flexibility index (Phi) is 11.6. The summed E-state index contributed by atoms with van der Waals surface area (Å²) in [4.78, 5) is 62.5. The number of hydroxylamine groups is 1. The number of halogens is 3. The third-order valence-electron chi connectivity index (χ3n) is 11.0. The molecule has 306 valence electrons. The SMILES string of the molecule is CC(=O)O[C@@H]1C(C)=C[C@@H]2[C@H](C(C)C(F)F)CC[C@@H](C)[C@]2(O)[C@H]1OC(=O)[C@@H]1C[C@@]2(OC(=O)OC(C)(C)C)c3cccc(Cl)c3N(C)O[C@H]2N1C(=O)OC(C)(C)C. The van der Waals surface area contributed by atoms with Crippen molar-refractivity contribution in [3.63, 3.8) is 0 Å². The van der Waals surface area contributed by atoms with Gasteiger partial charge in [0.25, 0.3) is 0 Å². The largest absolute Gasteiger partial charge is 0.509 e. The van der Waals surface area contributed by atoms with Crippen molar-refractivity contribution in [2.75, 3.05) is 12.1 Å². The first-order chi connectivity index (χ1) is 25.3. The van der Waals surface area contributed by atoms with Crippen LogP contribution in [0.3, 0.4) is 0 Å². The number of esters is 2. The van der Waals surface area contributed by atoms with Crippen LogP contribution in [0.15, 0.2) is 29.8 Å². The van der Waals surface area contributed by atoms with Gasteiger partial charge in [-0.25, -0.2) is 28.0 Å². The Labute approximate surface area is 325 Å². The van der Waals surface area contributed by atoms with Gasteiger partial charge in [0.1, 0.15) is 22.8 Å². The molecule has 0 aromatic heterocycles. The molecule has 4 aliphatic rings. The molecule has 55 heavy (non-hydrogen) atoms. The topological polar surface area (TPSA) is 150 Å². The van der Waals surface area contributed by atoms with E-state index in [-0.39, 0.29) is 16.3 Å². The fourth-order valence-electron chi connectivity index (χ4n) is 8.52. The van der Waals surface area contributed by atoms with E-state index in [2.05, 4.69) is 0 Å². The maximum atomic E-state index is 14.9. The molecule has 5 rings (SSSR count). The lowest BCUT2D eigenvalue weighted by Crippen LogP contribution is -2.66. The van der Waals surface area contributed by atoms with E-state index in [4.69, 9.17) is 40.1 Å². The Hall–Kier alpha value is -3.69. The maximum absolute atomic E-state index is 14.9. The van der Waals surface area contributed by atoms with Crippen LogP contribution in [0.4, 0.5) is 24.1 Å². The zero-order chi connectivity index (χ0) is 41.2. The highest BCUT2D eigenvalue weighted by atomic mass is 35.5. The van der Waals surface area contributed by atoms with Crippen LogP contribution in [0.2, 0.25) is 5.02 Å². The lowest BCUT2D eigenvalue weighted by atomic mass is 9.55. The summed E-state index contributed by atoms with van der Waals surface area (Å²) in [7, 11) is 1.53. The maximum Gasteiger partial charge on any atom is 0.509 e. The first-order valence-electron chi connectivity index (χ1n) is 18.5. The van der Waals surface area contributed by atoms with E-state index in [0.29, 0.717) is 18.4 Å². The summed E-state index contributed by atoms with van der Waals surface area (Å²) in [5.41, 5.74) is -5.04. The van der Waals surface area contributed by atoms with Gasteiger partial charge in [-0.2, -0.15) is 0 Å². The fraction of sp³-hybridized carbons (Fsp3) is 0.692. The van der Waals surface area contributed by atoms with E-state index in [1.54, 1.807) is 79.7 Å². The Bertz CT molecular complexity index is 1710. The van der Waals surface area contributed by atoms with Crippen molar-refractivity contribution in [2.24, 2.45) is 23.7 Å². The van der Waals surface area contributed by atoms with E-state index in [1.807, 2.05) is 0 Å². The average molecular weight is 799 g/mol. The molecule has 1 saturated heterocycles. The fourth-order valence-corrected chi connectivity index (χ4v) is 8.81. The molecule has 2 fully saturated rings. The van der Waals surface area contributed by atoms with Crippen LogP contribution < -0.4 is 5.06 Å². The Morgan fingerprint density at radius 1 is 1.04 bits per heavy atom. The normalized spacial score (nSPS) is 32.4. The van der Waals surface area contributed by atoms with E-state index in [0.717, 1.165) is 11.8 Å². The average Bonchev–Trinajstić information content (AvgIpc) is 3.37. The number of alkyl halides is 2. The van der Waals surface area contributed by atoms with Crippen LogP contribution in [-0.4, -0.2) is 88.9 Å². The van der Waals surface area contributed by atoms with E-state index < -0.39 is 108 Å². The number of benzene rings is 1. The third-order valence-corrected chi connectivity index (χ3v) is 11.3. The number of aliphatic hydroxyl groups is 1. The Balaban J connectivity index is 1.66. The van der Waals surface area contributed by atoms with Crippen molar-refractivity contribution in [2.45, 2.75) is 142 Å². The van der Waals surface area contributed by atoms with Gasteiger partial charge in [0.2, 0.25) is 12.7 Å². The molecule has 1 aromatic carbocycles. The molecule has 2 heterocycles. The van der Waals surface area contributed by atoms with Gasteiger partial charge < -0.3 is 28.8 Å². The number of hydrogen-bond acceptors (Lipinski definition) is 12. The monoisotopic (exact) mass is 798 g/mol. The molecule has 1 unspecified atom stereocenters. The van der Waals surface area contributed by atoms with Crippen LogP contribution in [-0.2, 0) is 43.7 Å². The minimum atomic E-state index is -2.69. The summed E-state index contributed by atoms with van der Waals surface area (Å²) in [6, 6.07) is 3.19. The highest BCUT2D eigenvalue weighted by Gasteiger charge is 2.67. The molecule has 0 bridgehead atoms. The molecule has 2 aliphatic heterocycles. The minimum absolute atomic E-state index is 0.210. The summed E-state index contributed by atoms with van der Waals surface area (Å²) in [6.07, 6.45) is -7.46. The Morgan fingerprint density at radius 3 is 2.25 bits per heavy atom. The predicted molar refractivity (Wildman–Crippen MR) is 195 cm³/mol. The van der Waals surface area contributed by atoms with Crippen LogP contribution in [0.25, 0.3) is 0 Å². The van der Waals surface area contributed by atoms with Crippen molar-refractivity contribution >= 4 is 41.5 Å². The van der Waals surface area contributed by atoms with Crippen molar-refractivity contribution in [1.29, 1.82) is 0 Å². The first kappa shape index (κ1) is 42.5. The molecule has 10 atom stereocenters. The number of para-hydroxylation sites is 1. The number of rotatable bonds is 6. The van der Waals surface area contributed by atoms with Crippen molar-refractivity contribution in [3.8, 4) is 0 Å². The smallest absolute Gasteiger partial charge is 0.454 e. The van der Waals surface area contributed by atoms with Crippen molar-refractivity contribution < 1.29 is 61.6 Å². The second-order valence-electron chi connectivity index (χ2n) is 17.2. The van der Waals surface area contributed by atoms with Crippen LogP contribution in [0, 0.1) is 23.7 Å². The molecule has 0 spiro atoms. The lowest BCUT2D eigenvalue weighted by molar-refractivity contribution is -0.229. The summed E-state index contributed by atoms with van der Waals surface area (Å²) in [5.74, 6) is -5.19. The molecular formula is C39H53ClF2N2O11. The van der Waals surface area contributed by atoms with E-state index in [1.165, 1.54) is 19.0 Å². The van der Waals surface area contributed by atoms with Gasteiger partial charge in [-0.15, -0.1) is 0 Å². The molecule has 16 heteroatoms. The number of nitrogens with zero attached hydrogens (tertiary/aromatic N) is 2. The zero-order valence-corrected chi connectivity index (χ0v) is 33.9. The first-order valence-corrected chi connectivity index (χ1v) is 18.9. The molecular weight excluding hydrogens is 746 g/mol. The summed E-state index contributed by atoms with van der Waals surface area (Å²) < 4.78 is 57.9. The number of ether oxygens (including phenoxy) is 5. The van der Waals surface area contributed by atoms with E-state index >= 15 is 0 Å². The zero-order valence-electron chi connectivity index (χ0n) is 33.2. The highest BCUT2D eigenvalue weighted by Crippen LogP contribution is 2.56. The highest BCUT2D eigenvalue weighted by molar-refractivity contribution is 6.33. The van der Waals surface area contributed by atoms with Gasteiger partial charge in [0.15, 0.2) is 17.8 Å². The lowest BCUT2D eigenvalue weighted by Gasteiger charge is -2.55. The van der Waals surface area contributed by atoms with Crippen LogP contribution in [0.5, 0.6) is 0 Å². The molecule has 1 N–H and O–H groups in total. The number of amides is 1. The molecule has 1 saturated carbocycles. The van der Waals surface area contributed by atoms with Gasteiger partial charge in [0, 0.05) is 37.8 Å². The van der Waals surface area contributed by atoms with Crippen LogP contribution >= 0.6 is 11.6 Å². The number of likely N-dealkylation sites (tertiary alicyclic amines) is 1. The number of fused-ring (bicyclic) bond motifs is 4. The van der Waals surface area contributed by atoms with Crippen LogP contribution in [0.1, 0.15) is 94.1 Å². The molecule has 1 amide bonds.